The minimum atomic E-state index is -1.39. The Hall–Kier alpha value is -3.10. The maximum absolute atomic E-state index is 13.8. The van der Waals surface area contributed by atoms with Crippen LogP contribution in [0.4, 0.5) is 13.2 Å². The Bertz CT molecular complexity index is 806. The number of methoxy groups -OCH3 is 2. The average molecular weight is 368 g/mol. The number of nitrogens with one attached hydrogen (secondary N) is 1. The van der Waals surface area contributed by atoms with Crippen LogP contribution in [0, 0.1) is 17.5 Å². The first-order valence-corrected chi connectivity index (χ1v) is 7.38. The monoisotopic (exact) mass is 368 g/mol. The number of benzene rings is 1. The van der Waals surface area contributed by atoms with Crippen molar-refractivity contribution in [3.8, 4) is 5.88 Å². The normalized spacial score (nSPS) is 11.6. The number of hydrogen-bond acceptors (Lipinski definition) is 5. The van der Waals surface area contributed by atoms with Gasteiger partial charge >= 0.3 is 5.97 Å². The summed E-state index contributed by atoms with van der Waals surface area (Å²) in [5.74, 6) is -5.79. The minimum Gasteiger partial charge on any atom is -0.481 e. The number of nitrogens with zero attached hydrogens (tertiary/aromatic N) is 1. The van der Waals surface area contributed by atoms with E-state index in [0.29, 0.717) is 17.7 Å². The Kier molecular flexibility index (Phi) is 6.16. The smallest absolute Gasteiger partial charge is 0.328 e. The van der Waals surface area contributed by atoms with Crippen molar-refractivity contribution in [3.63, 3.8) is 0 Å². The predicted octanol–water partition coefficient (Wildman–Crippen LogP) is 2.02. The van der Waals surface area contributed by atoms with Gasteiger partial charge in [0, 0.05) is 30.3 Å². The molecule has 138 valence electrons. The molecular formula is C17H15F3N2O4. The summed E-state index contributed by atoms with van der Waals surface area (Å²) in [6, 6.07) is 2.67. The van der Waals surface area contributed by atoms with Crippen LogP contribution < -0.4 is 10.1 Å². The molecule has 2 aromatic rings. The second-order valence-electron chi connectivity index (χ2n) is 5.17. The zero-order valence-corrected chi connectivity index (χ0v) is 13.9. The van der Waals surface area contributed by atoms with Crippen molar-refractivity contribution in [2.24, 2.45) is 0 Å². The Balaban J connectivity index is 2.29. The van der Waals surface area contributed by atoms with Crippen LogP contribution in [0.1, 0.15) is 15.9 Å². The number of aromatic nitrogens is 1. The van der Waals surface area contributed by atoms with Crippen LogP contribution in [-0.4, -0.2) is 37.1 Å². The lowest BCUT2D eigenvalue weighted by atomic mass is 10.1. The van der Waals surface area contributed by atoms with Gasteiger partial charge in [0.05, 0.1) is 14.2 Å². The molecule has 26 heavy (non-hydrogen) atoms. The highest BCUT2D eigenvalue weighted by atomic mass is 19.1. The molecule has 0 saturated heterocycles. The van der Waals surface area contributed by atoms with E-state index in [-0.39, 0.29) is 12.3 Å². The minimum absolute atomic E-state index is 0.0974. The molecule has 1 N–H and O–H groups in total. The molecule has 1 amide bonds. The maximum atomic E-state index is 13.8. The van der Waals surface area contributed by atoms with E-state index in [2.05, 4.69) is 15.0 Å². The van der Waals surface area contributed by atoms with Crippen molar-refractivity contribution in [3.05, 3.63) is 59.0 Å². The third kappa shape index (κ3) is 4.29. The van der Waals surface area contributed by atoms with Crippen LogP contribution in [0.25, 0.3) is 0 Å². The fourth-order valence-corrected chi connectivity index (χ4v) is 2.31. The molecule has 6 nitrogen and oxygen atoms in total. The van der Waals surface area contributed by atoms with Crippen molar-refractivity contribution in [1.82, 2.24) is 10.3 Å². The first kappa shape index (κ1) is 19.2. The van der Waals surface area contributed by atoms with Gasteiger partial charge in [-0.05, 0) is 6.07 Å². The molecule has 0 aliphatic heterocycles. The first-order chi connectivity index (χ1) is 12.4. The number of carbonyl (C=O) groups is 2. The molecule has 2 rings (SSSR count). The Morgan fingerprint density at radius 2 is 1.85 bits per heavy atom. The number of pyridine rings is 1. The van der Waals surface area contributed by atoms with Gasteiger partial charge in [-0.1, -0.05) is 6.07 Å². The summed E-state index contributed by atoms with van der Waals surface area (Å²) in [4.78, 5) is 28.1. The quantitative estimate of drug-likeness (QED) is 0.790. The number of hydrogen-bond donors (Lipinski definition) is 1. The Morgan fingerprint density at radius 3 is 2.42 bits per heavy atom. The molecule has 0 bridgehead atoms. The third-order valence-corrected chi connectivity index (χ3v) is 3.49. The molecule has 0 unspecified atom stereocenters. The van der Waals surface area contributed by atoms with Crippen molar-refractivity contribution >= 4 is 11.9 Å². The highest BCUT2D eigenvalue weighted by Gasteiger charge is 2.27. The number of ether oxygens (including phenoxy) is 2. The lowest BCUT2D eigenvalue weighted by Crippen LogP contribution is -2.43. The fraction of sp³-hybridized carbons (Fsp3) is 0.235. The fourth-order valence-electron chi connectivity index (χ4n) is 2.31. The van der Waals surface area contributed by atoms with Gasteiger partial charge < -0.3 is 14.8 Å². The summed E-state index contributed by atoms with van der Waals surface area (Å²) in [7, 11) is 2.47. The van der Waals surface area contributed by atoms with Crippen molar-refractivity contribution in [2.45, 2.75) is 12.5 Å². The number of carbonyl (C=O) groups excluding carboxylic acids is 2. The van der Waals surface area contributed by atoms with Crippen LogP contribution in [0.15, 0.2) is 30.5 Å². The van der Waals surface area contributed by atoms with E-state index in [9.17, 15) is 22.8 Å². The van der Waals surface area contributed by atoms with Crippen molar-refractivity contribution < 1.29 is 32.2 Å². The van der Waals surface area contributed by atoms with Gasteiger partial charge in [-0.2, -0.15) is 0 Å². The van der Waals surface area contributed by atoms with E-state index in [1.807, 2.05) is 0 Å². The Labute approximate surface area is 146 Å². The summed E-state index contributed by atoms with van der Waals surface area (Å²) in [5, 5.41) is 2.19. The molecule has 0 spiro atoms. The summed E-state index contributed by atoms with van der Waals surface area (Å²) in [6.07, 6.45) is 1.37. The number of halogens is 3. The highest BCUT2D eigenvalue weighted by Crippen LogP contribution is 2.18. The number of esters is 1. The maximum Gasteiger partial charge on any atom is 0.328 e. The molecule has 9 heteroatoms. The summed E-state index contributed by atoms with van der Waals surface area (Å²) in [5.41, 5.74) is -0.538. The zero-order valence-electron chi connectivity index (χ0n) is 13.9. The van der Waals surface area contributed by atoms with Crippen molar-refractivity contribution in [2.75, 3.05) is 14.2 Å². The molecule has 1 heterocycles. The molecule has 0 radical (unpaired) electrons. The molecule has 0 fully saturated rings. The standard InChI is InChI=1S/C17H15F3N2O4/c1-25-16-9(4-3-5-21-16)6-13(17(24)26-2)22-15(23)14-11(19)7-10(18)8-12(14)20/h3-5,7-8,13H,6H2,1-2H3,(H,22,23)/t13-/m0/s1. The molecule has 1 atom stereocenters. The predicted molar refractivity (Wildman–Crippen MR) is 84.1 cm³/mol. The van der Waals surface area contributed by atoms with Crippen LogP contribution in [0.5, 0.6) is 5.88 Å². The van der Waals surface area contributed by atoms with Gasteiger partial charge in [0.25, 0.3) is 5.91 Å². The van der Waals surface area contributed by atoms with Gasteiger partial charge in [-0.3, -0.25) is 4.79 Å². The molecule has 1 aromatic heterocycles. The van der Waals surface area contributed by atoms with E-state index in [1.165, 1.54) is 13.3 Å². The second kappa shape index (κ2) is 8.32. The van der Waals surface area contributed by atoms with Crippen LogP contribution in [0.2, 0.25) is 0 Å². The van der Waals surface area contributed by atoms with Gasteiger partial charge in [0.2, 0.25) is 5.88 Å². The summed E-state index contributed by atoms with van der Waals surface area (Å²) >= 11 is 0. The Morgan fingerprint density at radius 1 is 1.19 bits per heavy atom. The van der Waals surface area contributed by atoms with E-state index in [4.69, 9.17) is 4.74 Å². The topological polar surface area (TPSA) is 77.5 Å². The molecule has 0 aliphatic carbocycles. The lowest BCUT2D eigenvalue weighted by molar-refractivity contribution is -0.142. The number of amides is 1. The summed E-state index contributed by atoms with van der Waals surface area (Å²) < 4.78 is 50.2. The van der Waals surface area contributed by atoms with Crippen molar-refractivity contribution in [1.29, 1.82) is 0 Å². The highest BCUT2D eigenvalue weighted by molar-refractivity contribution is 5.97. The number of rotatable bonds is 6. The molecule has 0 saturated carbocycles. The van der Waals surface area contributed by atoms with Gasteiger partial charge in [0.15, 0.2) is 0 Å². The van der Waals surface area contributed by atoms with Gasteiger partial charge in [-0.25, -0.2) is 22.9 Å². The largest absolute Gasteiger partial charge is 0.481 e. The van der Waals surface area contributed by atoms with Crippen LogP contribution >= 0.6 is 0 Å². The lowest BCUT2D eigenvalue weighted by Gasteiger charge is -2.18. The van der Waals surface area contributed by atoms with E-state index < -0.39 is 40.9 Å². The van der Waals surface area contributed by atoms with E-state index in [1.54, 1.807) is 12.1 Å². The van der Waals surface area contributed by atoms with Gasteiger partial charge in [-0.15, -0.1) is 0 Å². The average Bonchev–Trinajstić information content (AvgIpc) is 2.60. The molecular weight excluding hydrogens is 353 g/mol. The zero-order chi connectivity index (χ0) is 19.3. The first-order valence-electron chi connectivity index (χ1n) is 7.38. The molecule has 1 aromatic carbocycles. The SMILES string of the molecule is COC(=O)[C@H](Cc1cccnc1OC)NC(=O)c1c(F)cc(F)cc1F. The van der Waals surface area contributed by atoms with E-state index >= 15 is 0 Å². The molecule has 0 aliphatic rings. The van der Waals surface area contributed by atoms with Gasteiger partial charge in [0.1, 0.15) is 29.1 Å². The second-order valence-corrected chi connectivity index (χ2v) is 5.17. The van der Waals surface area contributed by atoms with Crippen LogP contribution in [-0.2, 0) is 16.0 Å². The third-order valence-electron chi connectivity index (χ3n) is 3.49. The van der Waals surface area contributed by atoms with E-state index in [0.717, 1.165) is 7.11 Å². The summed E-state index contributed by atoms with van der Waals surface area (Å²) in [6.45, 7) is 0. The van der Waals surface area contributed by atoms with Crippen LogP contribution in [0.3, 0.4) is 0 Å².